The van der Waals surface area contributed by atoms with Crippen molar-refractivity contribution in [3.8, 4) is 0 Å². The van der Waals surface area contributed by atoms with E-state index >= 15 is 0 Å². The van der Waals surface area contributed by atoms with E-state index in [2.05, 4.69) is 9.80 Å². The van der Waals surface area contributed by atoms with Gasteiger partial charge in [0, 0.05) is 44.2 Å². The number of sulfonamides is 1. The highest BCUT2D eigenvalue weighted by molar-refractivity contribution is 7.92. The molecule has 1 saturated carbocycles. The van der Waals surface area contributed by atoms with Crippen molar-refractivity contribution in [1.29, 1.82) is 0 Å². The average Bonchev–Trinajstić information content (AvgIpc) is 2.78. The van der Waals surface area contributed by atoms with Crippen LogP contribution < -0.4 is 0 Å². The number of carbonyl (C=O) groups excluding carboxylic acids is 1. The first kappa shape index (κ1) is 21.5. The maximum absolute atomic E-state index is 13.0. The number of piperidine rings is 1. The van der Waals surface area contributed by atoms with Gasteiger partial charge < -0.3 is 4.90 Å². The van der Waals surface area contributed by atoms with Crippen LogP contribution in [0.5, 0.6) is 0 Å². The van der Waals surface area contributed by atoms with Gasteiger partial charge in [-0.3, -0.25) is 9.69 Å². The van der Waals surface area contributed by atoms with Gasteiger partial charge in [0.25, 0.3) is 0 Å². The molecule has 0 N–H and O–H groups in total. The van der Waals surface area contributed by atoms with Crippen molar-refractivity contribution >= 4 is 22.0 Å². The second kappa shape index (κ2) is 9.62. The van der Waals surface area contributed by atoms with Gasteiger partial charge in [-0.05, 0) is 43.2 Å². The zero-order valence-electron chi connectivity index (χ0n) is 17.7. The number of piperazine rings is 1. The summed E-state index contributed by atoms with van der Waals surface area (Å²) < 4.78 is 26.8. The van der Waals surface area contributed by atoms with Crippen molar-refractivity contribution in [2.24, 2.45) is 5.92 Å². The molecule has 3 aliphatic rings. The monoisotopic (exact) mass is 431 g/mol. The van der Waals surface area contributed by atoms with E-state index in [0.29, 0.717) is 44.7 Å². The number of carbonyl (C=O) groups is 1. The molecule has 1 aromatic carbocycles. The third-order valence-electron chi connectivity index (χ3n) is 6.85. The first-order chi connectivity index (χ1) is 14.5. The Morgan fingerprint density at radius 2 is 1.63 bits per heavy atom. The topological polar surface area (TPSA) is 60.9 Å². The molecular formula is C23H33N3O3S. The van der Waals surface area contributed by atoms with Crippen molar-refractivity contribution in [1.82, 2.24) is 14.1 Å². The van der Waals surface area contributed by atoms with Crippen LogP contribution in [0.25, 0.3) is 6.08 Å². The first-order valence-electron chi connectivity index (χ1n) is 11.3. The minimum atomic E-state index is -3.44. The van der Waals surface area contributed by atoms with E-state index in [9.17, 15) is 13.2 Å². The Morgan fingerprint density at radius 3 is 2.40 bits per heavy atom. The summed E-state index contributed by atoms with van der Waals surface area (Å²) in [5.74, 6) is 0.918. The third-order valence-corrected chi connectivity index (χ3v) is 8.41. The van der Waals surface area contributed by atoms with Crippen LogP contribution in [0.15, 0.2) is 35.7 Å². The standard InChI is InChI=1S/C23H33N3O3S/c27-23(26-13-6-10-21-9-4-5-11-22(21)26)19-24-14-16-25(17-15-24)30(28,29)18-12-20-7-2-1-3-8-20/h1-3,7-8,12,18,21-22H,4-6,9-11,13-17,19H2/b18-12+/t21-,22-/m0/s1. The Labute approximate surface area is 180 Å². The van der Waals surface area contributed by atoms with E-state index < -0.39 is 10.0 Å². The van der Waals surface area contributed by atoms with Crippen LogP contribution in [0.1, 0.15) is 44.1 Å². The lowest BCUT2D eigenvalue weighted by Crippen LogP contribution is -2.55. The number of fused-ring (bicyclic) bond motifs is 1. The third kappa shape index (κ3) is 5.13. The van der Waals surface area contributed by atoms with Crippen LogP contribution in [0.4, 0.5) is 0 Å². The predicted octanol–water partition coefficient (Wildman–Crippen LogP) is 2.79. The van der Waals surface area contributed by atoms with Gasteiger partial charge in [-0.2, -0.15) is 4.31 Å². The lowest BCUT2D eigenvalue weighted by Gasteiger charge is -2.45. The van der Waals surface area contributed by atoms with E-state index in [-0.39, 0.29) is 5.91 Å². The second-order valence-electron chi connectivity index (χ2n) is 8.77. The number of hydrogen-bond donors (Lipinski definition) is 0. The molecule has 0 radical (unpaired) electrons. The molecule has 7 heteroatoms. The average molecular weight is 432 g/mol. The number of likely N-dealkylation sites (tertiary alicyclic amines) is 1. The highest BCUT2D eigenvalue weighted by atomic mass is 32.2. The van der Waals surface area contributed by atoms with E-state index in [1.807, 2.05) is 30.3 Å². The van der Waals surface area contributed by atoms with Crippen LogP contribution in [0.2, 0.25) is 0 Å². The zero-order valence-corrected chi connectivity index (χ0v) is 18.5. The molecule has 1 aromatic rings. The van der Waals surface area contributed by atoms with Gasteiger partial charge in [-0.15, -0.1) is 0 Å². The van der Waals surface area contributed by atoms with E-state index in [4.69, 9.17) is 0 Å². The molecule has 1 aliphatic carbocycles. The normalized spacial score (nSPS) is 26.6. The number of rotatable bonds is 5. The summed E-state index contributed by atoms with van der Waals surface area (Å²) in [5, 5.41) is 1.29. The molecule has 6 nitrogen and oxygen atoms in total. The number of benzene rings is 1. The van der Waals surface area contributed by atoms with Gasteiger partial charge in [0.2, 0.25) is 15.9 Å². The van der Waals surface area contributed by atoms with Crippen molar-refractivity contribution in [3.05, 3.63) is 41.3 Å². The fourth-order valence-electron chi connectivity index (χ4n) is 5.17. The molecule has 0 spiro atoms. The number of amides is 1. The number of hydrogen-bond acceptors (Lipinski definition) is 4. The van der Waals surface area contributed by atoms with Gasteiger partial charge >= 0.3 is 0 Å². The summed E-state index contributed by atoms with van der Waals surface area (Å²) in [5.41, 5.74) is 0.868. The molecule has 2 atom stereocenters. The molecule has 0 aromatic heterocycles. The minimum Gasteiger partial charge on any atom is -0.338 e. The van der Waals surface area contributed by atoms with E-state index in [0.717, 1.165) is 24.9 Å². The fraction of sp³-hybridized carbons (Fsp3) is 0.609. The zero-order chi connectivity index (χ0) is 21.0. The SMILES string of the molecule is O=C(CN1CCN(S(=O)(=O)/C=C/c2ccccc2)CC1)N1CCC[C@@H]2CCCC[C@@H]21. The van der Waals surface area contributed by atoms with Crippen LogP contribution in [-0.2, 0) is 14.8 Å². The van der Waals surface area contributed by atoms with Gasteiger partial charge in [-0.25, -0.2) is 8.42 Å². The number of nitrogens with zero attached hydrogens (tertiary/aromatic N) is 3. The Morgan fingerprint density at radius 1 is 0.933 bits per heavy atom. The summed E-state index contributed by atoms with van der Waals surface area (Å²) in [6.07, 6.45) is 8.98. The van der Waals surface area contributed by atoms with Crippen molar-refractivity contribution in [3.63, 3.8) is 0 Å². The maximum Gasteiger partial charge on any atom is 0.237 e. The highest BCUT2D eigenvalue weighted by Gasteiger charge is 2.36. The molecule has 3 fully saturated rings. The van der Waals surface area contributed by atoms with Crippen LogP contribution >= 0.6 is 0 Å². The van der Waals surface area contributed by atoms with Gasteiger partial charge in [0.05, 0.1) is 6.54 Å². The lowest BCUT2D eigenvalue weighted by atomic mass is 9.78. The predicted molar refractivity (Wildman–Crippen MR) is 119 cm³/mol. The van der Waals surface area contributed by atoms with Crippen molar-refractivity contribution < 1.29 is 13.2 Å². The molecular weight excluding hydrogens is 398 g/mol. The Kier molecular flexibility index (Phi) is 6.91. The Bertz CT molecular complexity index is 846. The van der Waals surface area contributed by atoms with Gasteiger partial charge in [-0.1, -0.05) is 43.2 Å². The molecule has 30 heavy (non-hydrogen) atoms. The fourth-order valence-corrected chi connectivity index (χ4v) is 6.35. The Balaban J connectivity index is 1.29. The van der Waals surface area contributed by atoms with Crippen LogP contribution in [-0.4, -0.2) is 73.7 Å². The van der Waals surface area contributed by atoms with Crippen molar-refractivity contribution in [2.75, 3.05) is 39.3 Å². The molecule has 1 amide bonds. The maximum atomic E-state index is 13.0. The lowest BCUT2D eigenvalue weighted by molar-refractivity contribution is -0.139. The Hall–Kier alpha value is -1.70. The molecule has 2 heterocycles. The second-order valence-corrected chi connectivity index (χ2v) is 10.6. The molecule has 4 rings (SSSR count). The van der Waals surface area contributed by atoms with Crippen LogP contribution in [0, 0.1) is 5.92 Å². The molecule has 2 saturated heterocycles. The highest BCUT2D eigenvalue weighted by Crippen LogP contribution is 2.35. The molecule has 0 unspecified atom stereocenters. The van der Waals surface area contributed by atoms with Crippen molar-refractivity contribution in [2.45, 2.75) is 44.6 Å². The van der Waals surface area contributed by atoms with E-state index in [1.165, 1.54) is 35.4 Å². The summed E-state index contributed by atoms with van der Waals surface area (Å²) in [7, 11) is -3.44. The smallest absolute Gasteiger partial charge is 0.237 e. The summed E-state index contributed by atoms with van der Waals surface area (Å²) in [4.78, 5) is 17.3. The first-order valence-corrected chi connectivity index (χ1v) is 12.8. The quantitative estimate of drug-likeness (QED) is 0.719. The minimum absolute atomic E-state index is 0.229. The summed E-state index contributed by atoms with van der Waals surface area (Å²) in [6.45, 7) is 3.37. The van der Waals surface area contributed by atoms with Crippen LogP contribution in [0.3, 0.4) is 0 Å². The van der Waals surface area contributed by atoms with E-state index in [1.54, 1.807) is 6.08 Å². The molecule has 164 valence electrons. The van der Waals surface area contributed by atoms with Gasteiger partial charge in [0.15, 0.2) is 0 Å². The largest absolute Gasteiger partial charge is 0.338 e. The summed E-state index contributed by atoms with van der Waals surface area (Å²) in [6, 6.07) is 9.88. The summed E-state index contributed by atoms with van der Waals surface area (Å²) >= 11 is 0. The molecule has 2 aliphatic heterocycles. The molecule has 0 bridgehead atoms. The van der Waals surface area contributed by atoms with Gasteiger partial charge in [0.1, 0.15) is 0 Å².